The first-order valence-electron chi connectivity index (χ1n) is 12.5. The molecule has 0 aromatic heterocycles. The molecule has 1 saturated heterocycles. The Morgan fingerprint density at radius 3 is 2.35 bits per heavy atom. The third-order valence-electron chi connectivity index (χ3n) is 7.04. The fourth-order valence-electron chi connectivity index (χ4n) is 5.06. The van der Waals surface area contributed by atoms with E-state index in [-0.39, 0.29) is 36.4 Å². The lowest BCUT2D eigenvalue weighted by Crippen LogP contribution is -2.54. The van der Waals surface area contributed by atoms with E-state index in [4.69, 9.17) is 4.74 Å². The maximum absolute atomic E-state index is 14.8. The molecule has 2 atom stereocenters. The van der Waals surface area contributed by atoms with Gasteiger partial charge in [0.1, 0.15) is 5.82 Å². The molecule has 6 nitrogen and oxygen atoms in total. The molecular weight excluding hydrogens is 535 g/mol. The Morgan fingerprint density at radius 1 is 1.00 bits per heavy atom. The van der Waals surface area contributed by atoms with Gasteiger partial charge in [-0.15, -0.1) is 0 Å². The van der Waals surface area contributed by atoms with E-state index in [0.717, 1.165) is 12.1 Å². The quantitative estimate of drug-likeness (QED) is 0.327. The average molecular weight is 563 g/mol. The largest absolute Gasteiger partial charge is 0.494 e. The molecule has 11 heteroatoms. The lowest BCUT2D eigenvalue weighted by Gasteiger charge is -2.37. The van der Waals surface area contributed by atoms with Crippen molar-refractivity contribution < 1.29 is 41.4 Å². The summed E-state index contributed by atoms with van der Waals surface area (Å²) in [5.41, 5.74) is -3.04. The van der Waals surface area contributed by atoms with Gasteiger partial charge in [0.25, 0.3) is 0 Å². The Morgan fingerprint density at radius 2 is 1.70 bits per heavy atom. The number of aliphatic hydroxyl groups excluding tert-OH is 1. The number of methoxy groups -OCH3 is 1. The van der Waals surface area contributed by atoms with E-state index in [9.17, 15) is 36.6 Å². The lowest BCUT2D eigenvalue weighted by molar-refractivity contribution is -0.147. The minimum Gasteiger partial charge on any atom is -0.494 e. The predicted molar refractivity (Wildman–Crippen MR) is 135 cm³/mol. The predicted octanol–water partition coefficient (Wildman–Crippen LogP) is 4.58. The van der Waals surface area contributed by atoms with Gasteiger partial charge in [-0.05, 0) is 59.9 Å². The van der Waals surface area contributed by atoms with E-state index in [1.54, 1.807) is 30.3 Å². The second kappa shape index (κ2) is 11.6. The van der Waals surface area contributed by atoms with Crippen LogP contribution >= 0.6 is 0 Å². The summed E-state index contributed by atoms with van der Waals surface area (Å²) in [5.74, 6) is -4.46. The summed E-state index contributed by atoms with van der Waals surface area (Å²) in [5, 5.41) is 12.2. The summed E-state index contributed by atoms with van der Waals surface area (Å²) < 4.78 is 75.7. The number of nitrogens with one attached hydrogen (secondary N) is 1. The standard InChI is InChI=1S/C29H27F5N2O4/c1-40-25-15-19(9-10-24(25)31)28(16-18-6-3-2-4-7-18,20-12-21(29(32,33)34)14-22(30)13-20)35-26(38)27(39)36-11-5-8-23(36)17-37/h2-4,6-7,9-10,12-15,23,37H,5,8,11,16-17H2,1H3,(H,35,38)/t23-,28-/m1/s1. The normalized spacial score (nSPS) is 16.9. The van der Waals surface area contributed by atoms with Gasteiger partial charge in [-0.25, -0.2) is 8.78 Å². The van der Waals surface area contributed by atoms with Crippen LogP contribution in [0.25, 0.3) is 0 Å². The van der Waals surface area contributed by atoms with Gasteiger partial charge >= 0.3 is 18.0 Å². The molecule has 2 amide bonds. The number of amides is 2. The van der Waals surface area contributed by atoms with Crippen LogP contribution in [0, 0.1) is 11.6 Å². The van der Waals surface area contributed by atoms with Gasteiger partial charge in [0, 0.05) is 13.0 Å². The minimum atomic E-state index is -4.93. The van der Waals surface area contributed by atoms with Crippen molar-refractivity contribution in [1.29, 1.82) is 0 Å². The number of halogens is 5. The summed E-state index contributed by atoms with van der Waals surface area (Å²) in [6.45, 7) is -0.173. The van der Waals surface area contributed by atoms with Gasteiger partial charge in [0.05, 0.1) is 30.9 Å². The number of alkyl halides is 3. The second-order valence-corrected chi connectivity index (χ2v) is 9.57. The molecule has 212 valence electrons. The van der Waals surface area contributed by atoms with Crippen molar-refractivity contribution in [2.75, 3.05) is 20.3 Å². The number of likely N-dealkylation sites (tertiary alicyclic amines) is 1. The van der Waals surface area contributed by atoms with Crippen molar-refractivity contribution in [1.82, 2.24) is 10.2 Å². The number of carbonyl (C=O) groups excluding carboxylic acids is 2. The van der Waals surface area contributed by atoms with Gasteiger partial charge in [-0.2, -0.15) is 13.2 Å². The highest BCUT2D eigenvalue weighted by molar-refractivity contribution is 6.35. The smallest absolute Gasteiger partial charge is 0.416 e. The fourth-order valence-corrected chi connectivity index (χ4v) is 5.06. The van der Waals surface area contributed by atoms with Crippen molar-refractivity contribution in [3.8, 4) is 5.75 Å². The molecule has 0 bridgehead atoms. The summed E-state index contributed by atoms with van der Waals surface area (Å²) in [6, 6.07) is 13.0. The molecule has 3 aromatic carbocycles. The van der Waals surface area contributed by atoms with Gasteiger partial charge in [0.15, 0.2) is 11.6 Å². The van der Waals surface area contributed by atoms with Crippen LogP contribution in [0.15, 0.2) is 66.7 Å². The number of rotatable bonds is 7. The summed E-state index contributed by atoms with van der Waals surface area (Å²) in [4.78, 5) is 28.0. The number of aliphatic hydroxyl groups is 1. The summed E-state index contributed by atoms with van der Waals surface area (Å²) in [6.07, 6.45) is -4.14. The fraction of sp³-hybridized carbons (Fsp3) is 0.310. The zero-order chi connectivity index (χ0) is 29.1. The molecule has 1 aliphatic heterocycles. The molecule has 1 heterocycles. The van der Waals surface area contributed by atoms with Crippen molar-refractivity contribution in [3.05, 3.63) is 101 Å². The van der Waals surface area contributed by atoms with Crippen LogP contribution in [0.2, 0.25) is 0 Å². The monoisotopic (exact) mass is 562 g/mol. The molecule has 0 aliphatic carbocycles. The zero-order valence-electron chi connectivity index (χ0n) is 21.5. The maximum atomic E-state index is 14.8. The highest BCUT2D eigenvalue weighted by Crippen LogP contribution is 2.39. The third kappa shape index (κ3) is 5.94. The van der Waals surface area contributed by atoms with Gasteiger partial charge in [-0.1, -0.05) is 36.4 Å². The van der Waals surface area contributed by atoms with Crippen LogP contribution < -0.4 is 10.1 Å². The Bertz CT molecular complexity index is 1380. The number of hydrogen-bond donors (Lipinski definition) is 2. The summed E-state index contributed by atoms with van der Waals surface area (Å²) >= 11 is 0. The molecule has 40 heavy (non-hydrogen) atoms. The van der Waals surface area contributed by atoms with Crippen molar-refractivity contribution in [2.45, 2.75) is 37.0 Å². The van der Waals surface area contributed by atoms with Crippen LogP contribution in [0.4, 0.5) is 22.0 Å². The minimum absolute atomic E-state index is 0.0506. The van der Waals surface area contributed by atoms with E-state index in [1.807, 2.05) is 0 Å². The number of benzene rings is 3. The first-order valence-corrected chi connectivity index (χ1v) is 12.5. The molecule has 0 spiro atoms. The molecule has 2 N–H and O–H groups in total. The Labute approximate surface area is 227 Å². The molecular formula is C29H27F5N2O4. The summed E-state index contributed by atoms with van der Waals surface area (Å²) in [7, 11) is 1.19. The van der Waals surface area contributed by atoms with E-state index >= 15 is 0 Å². The first kappa shape index (κ1) is 29.0. The van der Waals surface area contributed by atoms with E-state index < -0.39 is 46.8 Å². The highest BCUT2D eigenvalue weighted by atomic mass is 19.4. The molecule has 0 radical (unpaired) electrons. The van der Waals surface area contributed by atoms with Crippen molar-refractivity contribution in [3.63, 3.8) is 0 Å². The van der Waals surface area contributed by atoms with E-state index in [2.05, 4.69) is 5.32 Å². The maximum Gasteiger partial charge on any atom is 0.416 e. The molecule has 1 aliphatic rings. The Hall–Kier alpha value is -3.99. The molecule has 0 unspecified atom stereocenters. The molecule has 4 rings (SSSR count). The van der Waals surface area contributed by atoms with Crippen LogP contribution in [-0.2, 0) is 27.7 Å². The number of carbonyl (C=O) groups is 2. The number of nitrogens with zero attached hydrogens (tertiary/aromatic N) is 1. The van der Waals surface area contributed by atoms with Crippen LogP contribution in [0.1, 0.15) is 35.1 Å². The van der Waals surface area contributed by atoms with Crippen LogP contribution in [0.5, 0.6) is 5.75 Å². The zero-order valence-corrected chi connectivity index (χ0v) is 21.5. The average Bonchev–Trinajstić information content (AvgIpc) is 3.41. The number of hydrogen-bond acceptors (Lipinski definition) is 4. The SMILES string of the molecule is COc1cc([C@@](Cc2ccccc2)(NC(=O)C(=O)N2CCC[C@@H]2CO)c2cc(F)cc(C(F)(F)F)c2)ccc1F. The van der Waals surface area contributed by atoms with Gasteiger partial charge < -0.3 is 20.1 Å². The Kier molecular flexibility index (Phi) is 8.43. The third-order valence-corrected chi connectivity index (χ3v) is 7.04. The molecule has 3 aromatic rings. The Balaban J connectivity index is 1.96. The van der Waals surface area contributed by atoms with Crippen molar-refractivity contribution >= 4 is 11.8 Å². The second-order valence-electron chi connectivity index (χ2n) is 9.57. The first-order chi connectivity index (χ1) is 19.0. The molecule has 1 fully saturated rings. The van der Waals surface area contributed by atoms with Crippen LogP contribution in [-0.4, -0.2) is 48.1 Å². The van der Waals surface area contributed by atoms with Crippen molar-refractivity contribution in [2.24, 2.45) is 0 Å². The highest BCUT2D eigenvalue weighted by Gasteiger charge is 2.43. The molecule has 0 saturated carbocycles. The number of ether oxygens (including phenoxy) is 1. The lowest BCUT2D eigenvalue weighted by atomic mass is 9.77. The van der Waals surface area contributed by atoms with Crippen LogP contribution in [0.3, 0.4) is 0 Å². The van der Waals surface area contributed by atoms with E-state index in [1.165, 1.54) is 24.1 Å². The van der Waals surface area contributed by atoms with E-state index in [0.29, 0.717) is 30.5 Å². The van der Waals surface area contributed by atoms with Gasteiger partial charge in [-0.3, -0.25) is 9.59 Å². The van der Waals surface area contributed by atoms with Gasteiger partial charge in [0.2, 0.25) is 0 Å². The topological polar surface area (TPSA) is 78.9 Å².